The highest BCUT2D eigenvalue weighted by Gasteiger charge is 2.52. The molecule has 0 aliphatic rings. The smallest absolute Gasteiger partial charge is 0.321 e. The van der Waals surface area contributed by atoms with E-state index in [0.29, 0.717) is 10.2 Å². The Kier molecular flexibility index (Phi) is 9.43. The van der Waals surface area contributed by atoms with Gasteiger partial charge in [0.2, 0.25) is 0 Å². The first-order chi connectivity index (χ1) is 17.1. The SMILES string of the molecule is Cc1ccc([SiH2]OC(=O)C(C)(C(=O)O[SiH2]c2ccc(C)cc2)C(=O)O[SiH2]c2ccc(C)cc2Cl)cc1. The van der Waals surface area contributed by atoms with Crippen LogP contribution in [0.1, 0.15) is 23.6 Å². The topological polar surface area (TPSA) is 78.9 Å². The molecule has 0 heterocycles. The van der Waals surface area contributed by atoms with Crippen molar-refractivity contribution in [3.8, 4) is 0 Å². The first kappa shape index (κ1) is 27.6. The van der Waals surface area contributed by atoms with E-state index in [1.54, 1.807) is 12.1 Å². The van der Waals surface area contributed by atoms with Crippen molar-refractivity contribution >= 4 is 74.4 Å². The molecule has 3 aromatic rings. The van der Waals surface area contributed by atoms with E-state index in [9.17, 15) is 14.4 Å². The third-order valence-electron chi connectivity index (χ3n) is 5.77. The Balaban J connectivity index is 1.77. The number of carbonyl (C=O) groups excluding carboxylic acids is 3. The van der Waals surface area contributed by atoms with E-state index in [4.69, 9.17) is 24.9 Å². The Morgan fingerprint density at radius 2 is 1.03 bits per heavy atom. The molecule has 188 valence electrons. The van der Waals surface area contributed by atoms with Gasteiger partial charge in [0, 0.05) is 5.02 Å². The zero-order valence-electron chi connectivity index (χ0n) is 20.8. The number of aryl methyl sites for hydroxylation is 3. The minimum atomic E-state index is -2.22. The lowest BCUT2D eigenvalue weighted by atomic mass is 9.91. The van der Waals surface area contributed by atoms with Crippen LogP contribution in [0, 0.1) is 26.2 Å². The van der Waals surface area contributed by atoms with Gasteiger partial charge in [0.15, 0.2) is 0 Å². The van der Waals surface area contributed by atoms with Gasteiger partial charge in [-0.2, -0.15) is 0 Å². The predicted octanol–water partition coefficient (Wildman–Crippen LogP) is 0.429. The number of halogens is 1. The van der Waals surface area contributed by atoms with Gasteiger partial charge in [-0.15, -0.1) is 0 Å². The van der Waals surface area contributed by atoms with E-state index in [-0.39, 0.29) is 0 Å². The lowest BCUT2D eigenvalue weighted by Crippen LogP contribution is -2.49. The van der Waals surface area contributed by atoms with E-state index in [1.807, 2.05) is 75.4 Å². The summed E-state index contributed by atoms with van der Waals surface area (Å²) < 4.78 is 16.6. The highest BCUT2D eigenvalue weighted by molar-refractivity contribution is 6.56. The van der Waals surface area contributed by atoms with Gasteiger partial charge in [0.25, 0.3) is 34.7 Å². The average Bonchev–Trinajstić information content (AvgIpc) is 2.86. The molecule has 3 aromatic carbocycles. The largest absolute Gasteiger partial charge is 0.519 e. The standard InChI is InChI=1S/C26H29ClO6Si3/c1-16-5-10-19(11-6-16)34-31-23(28)26(4,24(29)32-35-20-12-7-17(2)8-13-20)25(30)33-36-22-14-9-18(3)15-21(22)27/h5-15H,34-36H2,1-4H3. The summed E-state index contributed by atoms with van der Waals surface area (Å²) in [5.74, 6) is -2.88. The fourth-order valence-corrected chi connectivity index (χ4v) is 6.72. The fraction of sp³-hybridized carbons (Fsp3) is 0.192. The van der Waals surface area contributed by atoms with Crippen LogP contribution < -0.4 is 15.6 Å². The monoisotopic (exact) mass is 556 g/mol. The van der Waals surface area contributed by atoms with Gasteiger partial charge in [0.1, 0.15) is 0 Å². The summed E-state index contributed by atoms with van der Waals surface area (Å²) >= 11 is 6.28. The maximum absolute atomic E-state index is 13.2. The molecular formula is C26H29ClO6Si3. The molecule has 0 N–H and O–H groups in total. The van der Waals surface area contributed by atoms with Gasteiger partial charge < -0.3 is 13.3 Å². The van der Waals surface area contributed by atoms with Crippen LogP contribution in [0.3, 0.4) is 0 Å². The van der Waals surface area contributed by atoms with Crippen molar-refractivity contribution in [3.05, 3.63) is 88.4 Å². The molecular weight excluding hydrogens is 528 g/mol. The molecule has 10 heteroatoms. The van der Waals surface area contributed by atoms with Gasteiger partial charge in [-0.05, 0) is 54.9 Å². The third kappa shape index (κ3) is 7.03. The number of hydrogen-bond donors (Lipinski definition) is 0. The minimum absolute atomic E-state index is 0.486. The maximum Gasteiger partial charge on any atom is 0.321 e. The lowest BCUT2D eigenvalue weighted by Gasteiger charge is -2.25. The number of hydrogen-bond acceptors (Lipinski definition) is 6. The molecule has 3 rings (SSSR count). The Hall–Kier alpha value is -2.99. The quantitative estimate of drug-likeness (QED) is 0.281. The summed E-state index contributed by atoms with van der Waals surface area (Å²) in [6.07, 6.45) is 0. The van der Waals surface area contributed by atoms with Gasteiger partial charge in [-0.1, -0.05) is 83.4 Å². The zero-order chi connectivity index (χ0) is 26.3. The summed E-state index contributed by atoms with van der Waals surface area (Å²) in [6.45, 7) is 7.05. The van der Waals surface area contributed by atoms with Crippen LogP contribution >= 0.6 is 11.6 Å². The molecule has 6 nitrogen and oxygen atoms in total. The van der Waals surface area contributed by atoms with Gasteiger partial charge in [-0.25, -0.2) is 0 Å². The Morgan fingerprint density at radius 1 is 0.639 bits per heavy atom. The molecule has 0 aliphatic carbocycles. The van der Waals surface area contributed by atoms with Crippen LogP contribution in [0.25, 0.3) is 0 Å². The van der Waals surface area contributed by atoms with Crippen molar-refractivity contribution in [2.45, 2.75) is 27.7 Å². The molecule has 0 unspecified atom stereocenters. The number of carbonyl (C=O) groups is 3. The maximum atomic E-state index is 13.2. The average molecular weight is 557 g/mol. The second kappa shape index (κ2) is 12.3. The molecule has 36 heavy (non-hydrogen) atoms. The van der Waals surface area contributed by atoms with Crippen molar-refractivity contribution in [2.75, 3.05) is 0 Å². The molecule has 0 bridgehead atoms. The van der Waals surface area contributed by atoms with E-state index in [1.165, 1.54) is 6.92 Å². The van der Waals surface area contributed by atoms with Crippen LogP contribution in [0.5, 0.6) is 0 Å². The first-order valence-corrected chi connectivity index (χ1v) is 15.7. The van der Waals surface area contributed by atoms with Crippen LogP contribution in [0.4, 0.5) is 0 Å². The van der Waals surface area contributed by atoms with Crippen molar-refractivity contribution in [3.63, 3.8) is 0 Å². The first-order valence-electron chi connectivity index (χ1n) is 11.5. The Morgan fingerprint density at radius 3 is 1.44 bits per heavy atom. The molecule has 0 saturated carbocycles. The van der Waals surface area contributed by atoms with Crippen LogP contribution in [0.15, 0.2) is 66.7 Å². The van der Waals surface area contributed by atoms with E-state index < -0.39 is 52.6 Å². The molecule has 0 aliphatic heterocycles. The lowest BCUT2D eigenvalue weighted by molar-refractivity contribution is -0.170. The summed E-state index contributed by atoms with van der Waals surface area (Å²) in [5.41, 5.74) is 0.913. The molecule has 0 radical (unpaired) electrons. The van der Waals surface area contributed by atoms with Crippen molar-refractivity contribution in [1.29, 1.82) is 0 Å². The molecule has 0 aromatic heterocycles. The fourth-order valence-electron chi connectivity index (χ4n) is 3.26. The third-order valence-corrected chi connectivity index (χ3v) is 10.1. The van der Waals surface area contributed by atoms with Crippen molar-refractivity contribution in [1.82, 2.24) is 0 Å². The molecule has 0 spiro atoms. The zero-order valence-corrected chi connectivity index (χ0v) is 25.8. The molecule has 0 amide bonds. The number of rotatable bonds is 9. The summed E-state index contributed by atoms with van der Waals surface area (Å²) in [6, 6.07) is 20.6. The van der Waals surface area contributed by atoms with E-state index >= 15 is 0 Å². The molecule has 0 saturated heterocycles. The van der Waals surface area contributed by atoms with Gasteiger partial charge in [-0.3, -0.25) is 14.4 Å². The van der Waals surface area contributed by atoms with Crippen LogP contribution in [-0.2, 0) is 27.7 Å². The van der Waals surface area contributed by atoms with Gasteiger partial charge in [0.05, 0.1) is 0 Å². The predicted molar refractivity (Wildman–Crippen MR) is 149 cm³/mol. The normalized spacial score (nSPS) is 13.4. The van der Waals surface area contributed by atoms with Crippen molar-refractivity contribution in [2.24, 2.45) is 5.41 Å². The minimum Gasteiger partial charge on any atom is -0.519 e. The highest BCUT2D eigenvalue weighted by Crippen LogP contribution is 2.23. The van der Waals surface area contributed by atoms with Crippen molar-refractivity contribution < 1.29 is 27.7 Å². The van der Waals surface area contributed by atoms with E-state index in [2.05, 4.69) is 0 Å². The van der Waals surface area contributed by atoms with Gasteiger partial charge >= 0.3 is 17.9 Å². The van der Waals surface area contributed by atoms with Crippen LogP contribution in [0.2, 0.25) is 5.02 Å². The Bertz CT molecular complexity index is 1180. The highest BCUT2D eigenvalue weighted by atomic mass is 35.5. The summed E-state index contributed by atoms with van der Waals surface area (Å²) in [4.78, 5) is 39.6. The molecule has 0 atom stereocenters. The summed E-state index contributed by atoms with van der Waals surface area (Å²) in [7, 11) is -4.71. The number of benzene rings is 3. The summed E-state index contributed by atoms with van der Waals surface area (Å²) in [5, 5.41) is 2.92. The Labute approximate surface area is 223 Å². The second-order valence-corrected chi connectivity index (χ2v) is 13.5. The molecule has 0 fully saturated rings. The van der Waals surface area contributed by atoms with E-state index in [0.717, 1.165) is 27.1 Å². The van der Waals surface area contributed by atoms with Crippen LogP contribution in [-0.4, -0.2) is 47.2 Å². The second-order valence-electron chi connectivity index (χ2n) is 8.92.